The van der Waals surface area contributed by atoms with Crippen molar-refractivity contribution in [1.29, 1.82) is 0 Å². The summed E-state index contributed by atoms with van der Waals surface area (Å²) >= 11 is 4.83. The number of amides is 1. The Labute approximate surface area is 117 Å². The highest BCUT2D eigenvalue weighted by atomic mass is 32.1. The molecule has 0 saturated heterocycles. The molecule has 1 atom stereocenters. The number of nitrogens with two attached hydrogens (primary N) is 1. The lowest BCUT2D eigenvalue weighted by Crippen LogP contribution is -2.30. The van der Waals surface area contributed by atoms with Gasteiger partial charge in [0.2, 0.25) is 5.91 Å². The van der Waals surface area contributed by atoms with Gasteiger partial charge in [-0.2, -0.15) is 0 Å². The van der Waals surface area contributed by atoms with Gasteiger partial charge in [-0.3, -0.25) is 9.78 Å². The van der Waals surface area contributed by atoms with Crippen molar-refractivity contribution in [3.05, 3.63) is 36.0 Å². The largest absolute Gasteiger partial charge is 0.393 e. The average Bonchev–Trinajstić information content (AvgIpc) is 2.38. The van der Waals surface area contributed by atoms with E-state index < -0.39 is 5.92 Å². The fraction of sp³-hybridized carbons (Fsp3) is 0.214. The fourth-order valence-electron chi connectivity index (χ4n) is 1.72. The molecule has 1 unspecified atom stereocenters. The third-order valence-corrected chi connectivity index (χ3v) is 3.29. The lowest BCUT2D eigenvalue weighted by Gasteiger charge is -2.12. The van der Waals surface area contributed by atoms with Crippen molar-refractivity contribution in [1.82, 2.24) is 4.98 Å². The number of benzene rings is 1. The van der Waals surface area contributed by atoms with Gasteiger partial charge in [-0.15, -0.1) is 0 Å². The molecule has 0 aliphatic heterocycles. The Bertz CT molecular complexity index is 654. The molecule has 2 rings (SSSR count). The molecule has 1 heterocycles. The molecule has 1 amide bonds. The second-order valence-corrected chi connectivity index (χ2v) is 4.91. The Morgan fingerprint density at radius 2 is 2.11 bits per heavy atom. The highest BCUT2D eigenvalue weighted by Gasteiger charge is 2.16. The Morgan fingerprint density at radius 1 is 1.37 bits per heavy atom. The number of nitrogens with one attached hydrogen (secondary N) is 1. The third-order valence-electron chi connectivity index (χ3n) is 2.94. The molecule has 2 aromatic rings. The second kappa shape index (κ2) is 5.32. The van der Waals surface area contributed by atoms with Crippen molar-refractivity contribution in [3.63, 3.8) is 0 Å². The molecular weight excluding hydrogens is 258 g/mol. The Kier molecular flexibility index (Phi) is 3.76. The van der Waals surface area contributed by atoms with Crippen LogP contribution in [0.3, 0.4) is 0 Å². The maximum absolute atomic E-state index is 12.0. The second-order valence-electron chi connectivity index (χ2n) is 4.44. The maximum Gasteiger partial charge on any atom is 0.234 e. The minimum absolute atomic E-state index is 0.182. The van der Waals surface area contributed by atoms with Crippen LogP contribution in [0.4, 0.5) is 5.69 Å². The van der Waals surface area contributed by atoms with Gasteiger partial charge in [-0.05, 0) is 26.0 Å². The molecule has 1 aromatic carbocycles. The highest BCUT2D eigenvalue weighted by molar-refractivity contribution is 7.80. The fourth-order valence-corrected chi connectivity index (χ4v) is 1.82. The van der Waals surface area contributed by atoms with E-state index in [2.05, 4.69) is 10.3 Å². The molecule has 0 fully saturated rings. The van der Waals surface area contributed by atoms with Crippen molar-refractivity contribution < 1.29 is 4.79 Å². The number of nitrogens with zero attached hydrogens (tertiary/aromatic N) is 1. The van der Waals surface area contributed by atoms with Gasteiger partial charge in [0, 0.05) is 11.1 Å². The number of carbonyl (C=O) groups excluding carboxylic acids is 1. The zero-order chi connectivity index (χ0) is 14.0. The number of hydrogen-bond acceptors (Lipinski definition) is 3. The average molecular weight is 273 g/mol. The molecule has 4 nitrogen and oxygen atoms in total. The molecule has 0 spiro atoms. The van der Waals surface area contributed by atoms with Crippen LogP contribution in [-0.2, 0) is 4.79 Å². The lowest BCUT2D eigenvalue weighted by molar-refractivity contribution is -0.117. The number of carbonyl (C=O) groups is 1. The summed E-state index contributed by atoms with van der Waals surface area (Å²) in [5.41, 5.74) is 7.83. The summed E-state index contributed by atoms with van der Waals surface area (Å²) in [6.07, 6.45) is 0. The van der Waals surface area contributed by atoms with Gasteiger partial charge in [-0.25, -0.2) is 0 Å². The zero-order valence-electron chi connectivity index (χ0n) is 10.8. The molecule has 19 heavy (non-hydrogen) atoms. The van der Waals surface area contributed by atoms with Crippen LogP contribution in [0.2, 0.25) is 0 Å². The minimum atomic E-state index is -0.505. The van der Waals surface area contributed by atoms with Gasteiger partial charge >= 0.3 is 0 Å². The van der Waals surface area contributed by atoms with Crippen molar-refractivity contribution in [3.8, 4) is 0 Å². The number of hydrogen-bond donors (Lipinski definition) is 2. The highest BCUT2D eigenvalue weighted by Crippen LogP contribution is 2.22. The molecule has 0 saturated carbocycles. The molecular formula is C14H15N3OS. The van der Waals surface area contributed by atoms with Crippen LogP contribution >= 0.6 is 12.2 Å². The van der Waals surface area contributed by atoms with Crippen LogP contribution in [0, 0.1) is 12.8 Å². The topological polar surface area (TPSA) is 68.0 Å². The number of anilines is 1. The van der Waals surface area contributed by atoms with Crippen molar-refractivity contribution in [2.24, 2.45) is 11.7 Å². The summed E-state index contributed by atoms with van der Waals surface area (Å²) in [6.45, 7) is 3.59. The number of fused-ring (bicyclic) bond motifs is 1. The van der Waals surface area contributed by atoms with E-state index >= 15 is 0 Å². The lowest BCUT2D eigenvalue weighted by atomic mass is 10.1. The molecule has 3 N–H and O–H groups in total. The summed E-state index contributed by atoms with van der Waals surface area (Å²) in [5, 5.41) is 3.80. The van der Waals surface area contributed by atoms with Crippen LogP contribution in [0.1, 0.15) is 12.6 Å². The number of rotatable bonds is 3. The van der Waals surface area contributed by atoms with Gasteiger partial charge in [-0.1, -0.05) is 30.4 Å². The first-order valence-electron chi connectivity index (χ1n) is 5.95. The smallest absolute Gasteiger partial charge is 0.234 e. The molecule has 0 bridgehead atoms. The minimum Gasteiger partial charge on any atom is -0.393 e. The van der Waals surface area contributed by atoms with Crippen LogP contribution < -0.4 is 11.1 Å². The first-order chi connectivity index (χ1) is 8.99. The van der Waals surface area contributed by atoms with Gasteiger partial charge in [0.15, 0.2) is 0 Å². The number of pyridine rings is 1. The molecule has 98 valence electrons. The van der Waals surface area contributed by atoms with Gasteiger partial charge < -0.3 is 11.1 Å². The maximum atomic E-state index is 12.0. The van der Waals surface area contributed by atoms with E-state index in [1.54, 1.807) is 6.92 Å². The number of thiocarbonyl (C=S) groups is 1. The van der Waals surface area contributed by atoms with Crippen molar-refractivity contribution in [2.45, 2.75) is 13.8 Å². The standard InChI is InChI=1S/C14H15N3OS/c1-8-6-7-10-4-3-5-11(12(10)16-8)17-14(18)9(2)13(15)19/h3-7,9H,1-2H3,(H2,15,19)(H,17,18). The first kappa shape index (κ1) is 13.4. The van der Waals surface area contributed by atoms with Gasteiger partial charge in [0.1, 0.15) is 0 Å². The summed E-state index contributed by atoms with van der Waals surface area (Å²) < 4.78 is 0. The molecule has 0 radical (unpaired) electrons. The summed E-state index contributed by atoms with van der Waals surface area (Å²) in [6, 6.07) is 9.56. The predicted octanol–water partition coefficient (Wildman–Crippen LogP) is 2.40. The van der Waals surface area contributed by atoms with Crippen molar-refractivity contribution >= 4 is 39.7 Å². The van der Waals surface area contributed by atoms with E-state index in [-0.39, 0.29) is 10.9 Å². The molecule has 0 aliphatic rings. The van der Waals surface area contributed by atoms with Crippen LogP contribution in [0.25, 0.3) is 10.9 Å². The third kappa shape index (κ3) is 2.88. The van der Waals surface area contributed by atoms with Crippen molar-refractivity contribution in [2.75, 3.05) is 5.32 Å². The summed E-state index contributed by atoms with van der Waals surface area (Å²) in [5.74, 6) is -0.724. The SMILES string of the molecule is Cc1ccc2cccc(NC(=O)C(C)C(N)=S)c2n1. The first-order valence-corrected chi connectivity index (χ1v) is 6.36. The van der Waals surface area contributed by atoms with Crippen LogP contribution in [-0.4, -0.2) is 15.9 Å². The van der Waals surface area contributed by atoms with E-state index in [1.807, 2.05) is 37.3 Å². The van der Waals surface area contributed by atoms with E-state index in [0.29, 0.717) is 5.69 Å². The normalized spacial score (nSPS) is 12.1. The Hall–Kier alpha value is -2.01. The number of aromatic nitrogens is 1. The van der Waals surface area contributed by atoms with E-state index in [9.17, 15) is 4.79 Å². The molecule has 1 aromatic heterocycles. The Balaban J connectivity index is 2.38. The summed E-state index contributed by atoms with van der Waals surface area (Å²) in [4.78, 5) is 16.6. The Morgan fingerprint density at radius 3 is 2.79 bits per heavy atom. The summed E-state index contributed by atoms with van der Waals surface area (Å²) in [7, 11) is 0. The molecule has 5 heteroatoms. The van der Waals surface area contributed by atoms with Crippen LogP contribution in [0.5, 0.6) is 0 Å². The van der Waals surface area contributed by atoms with E-state index in [4.69, 9.17) is 18.0 Å². The van der Waals surface area contributed by atoms with Gasteiger partial charge in [0.05, 0.1) is 22.1 Å². The van der Waals surface area contributed by atoms with Gasteiger partial charge in [0.25, 0.3) is 0 Å². The number of para-hydroxylation sites is 1. The van der Waals surface area contributed by atoms with Crippen LogP contribution in [0.15, 0.2) is 30.3 Å². The van der Waals surface area contributed by atoms with E-state index in [0.717, 1.165) is 16.6 Å². The quantitative estimate of drug-likeness (QED) is 0.843. The zero-order valence-corrected chi connectivity index (χ0v) is 11.6. The monoisotopic (exact) mass is 273 g/mol. The number of aryl methyl sites for hydroxylation is 1. The van der Waals surface area contributed by atoms with E-state index in [1.165, 1.54) is 0 Å². The molecule has 0 aliphatic carbocycles. The predicted molar refractivity (Wildman–Crippen MR) is 81.1 cm³/mol.